The number of rotatable bonds is 9. The molecule has 0 bridgehead atoms. The summed E-state index contributed by atoms with van der Waals surface area (Å²) >= 11 is 0. The van der Waals surface area contributed by atoms with Crippen molar-refractivity contribution >= 4 is 27.3 Å². The molecule has 0 saturated carbocycles. The molecule has 0 fully saturated rings. The minimum absolute atomic E-state index is 0.0131. The molecule has 1 heterocycles. The van der Waals surface area contributed by atoms with Crippen molar-refractivity contribution in [2.75, 3.05) is 43.1 Å². The van der Waals surface area contributed by atoms with Crippen LogP contribution in [-0.2, 0) is 21.2 Å². The lowest BCUT2D eigenvalue weighted by Crippen LogP contribution is -2.45. The molecule has 36 heavy (non-hydrogen) atoms. The lowest BCUT2D eigenvalue weighted by molar-refractivity contribution is -0.117. The summed E-state index contributed by atoms with van der Waals surface area (Å²) in [5.74, 6) is 0.993. The number of carbonyl (C=O) groups is 1. The van der Waals surface area contributed by atoms with Crippen LogP contribution in [-0.4, -0.2) is 48.2 Å². The zero-order valence-electron chi connectivity index (χ0n) is 20.6. The van der Waals surface area contributed by atoms with Gasteiger partial charge >= 0.3 is 0 Å². The number of anilines is 2. The van der Waals surface area contributed by atoms with E-state index in [9.17, 15) is 13.2 Å². The van der Waals surface area contributed by atoms with Crippen LogP contribution in [0.25, 0.3) is 0 Å². The molecule has 0 unspecified atom stereocenters. The van der Waals surface area contributed by atoms with Crippen LogP contribution in [0.5, 0.6) is 17.2 Å². The summed E-state index contributed by atoms with van der Waals surface area (Å²) in [6.45, 7) is 2.53. The van der Waals surface area contributed by atoms with E-state index in [1.807, 2.05) is 31.2 Å². The average Bonchev–Trinajstić information content (AvgIpc) is 2.91. The largest absolute Gasteiger partial charge is 0.494 e. The molecule has 8 nitrogen and oxygen atoms in total. The Morgan fingerprint density at radius 3 is 2.39 bits per heavy atom. The van der Waals surface area contributed by atoms with Crippen molar-refractivity contribution in [2.24, 2.45) is 0 Å². The third kappa shape index (κ3) is 5.11. The van der Waals surface area contributed by atoms with Gasteiger partial charge in [0.1, 0.15) is 12.3 Å². The fourth-order valence-corrected chi connectivity index (χ4v) is 5.73. The number of methoxy groups -OCH3 is 2. The maximum Gasteiger partial charge on any atom is 0.264 e. The van der Waals surface area contributed by atoms with Crippen molar-refractivity contribution < 1.29 is 27.4 Å². The minimum atomic E-state index is -4.14. The highest BCUT2D eigenvalue weighted by Gasteiger charge is 2.31. The number of para-hydroxylation sites is 1. The maximum atomic E-state index is 13.9. The first-order valence-corrected chi connectivity index (χ1v) is 13.2. The Kier molecular flexibility index (Phi) is 7.69. The number of hydrogen-bond acceptors (Lipinski definition) is 6. The van der Waals surface area contributed by atoms with Gasteiger partial charge in [-0.3, -0.25) is 9.10 Å². The van der Waals surface area contributed by atoms with Crippen LogP contribution in [0.3, 0.4) is 0 Å². The fraction of sp³-hybridized carbons (Fsp3) is 0.296. The summed E-state index contributed by atoms with van der Waals surface area (Å²) in [5, 5.41) is 0. The van der Waals surface area contributed by atoms with Crippen LogP contribution in [0.1, 0.15) is 18.9 Å². The van der Waals surface area contributed by atoms with Crippen molar-refractivity contribution in [1.82, 2.24) is 0 Å². The maximum absolute atomic E-state index is 13.9. The third-order valence-electron chi connectivity index (χ3n) is 6.07. The topological polar surface area (TPSA) is 85.4 Å². The number of aryl methyl sites for hydroxylation is 1. The van der Waals surface area contributed by atoms with Crippen molar-refractivity contribution in [2.45, 2.75) is 24.7 Å². The highest BCUT2D eigenvalue weighted by Crippen LogP contribution is 2.33. The van der Waals surface area contributed by atoms with Gasteiger partial charge in [0.05, 0.1) is 31.4 Å². The predicted octanol–water partition coefficient (Wildman–Crippen LogP) is 4.28. The van der Waals surface area contributed by atoms with Crippen molar-refractivity contribution in [3.05, 3.63) is 72.3 Å². The number of nitrogens with zero attached hydrogens (tertiary/aromatic N) is 2. The van der Waals surface area contributed by atoms with Gasteiger partial charge in [0, 0.05) is 18.3 Å². The van der Waals surface area contributed by atoms with E-state index in [-0.39, 0.29) is 23.1 Å². The summed E-state index contributed by atoms with van der Waals surface area (Å²) in [7, 11) is -1.22. The van der Waals surface area contributed by atoms with E-state index >= 15 is 0 Å². The van der Waals surface area contributed by atoms with Gasteiger partial charge in [-0.25, -0.2) is 8.42 Å². The summed E-state index contributed by atoms with van der Waals surface area (Å²) in [6, 6.07) is 18.8. The molecular formula is C27H30N2O6S. The molecule has 190 valence electrons. The molecule has 1 aliphatic rings. The van der Waals surface area contributed by atoms with Gasteiger partial charge in [0.25, 0.3) is 10.0 Å². The van der Waals surface area contributed by atoms with E-state index in [1.54, 1.807) is 29.2 Å². The molecule has 0 atom stereocenters. The number of amides is 1. The number of ether oxygens (including phenoxy) is 3. The smallest absolute Gasteiger partial charge is 0.264 e. The van der Waals surface area contributed by atoms with Gasteiger partial charge in [0.2, 0.25) is 5.91 Å². The van der Waals surface area contributed by atoms with E-state index in [0.717, 1.165) is 28.4 Å². The van der Waals surface area contributed by atoms with E-state index in [0.29, 0.717) is 30.3 Å². The average molecular weight is 511 g/mol. The van der Waals surface area contributed by atoms with E-state index < -0.39 is 10.0 Å². The molecular weight excluding hydrogens is 480 g/mol. The minimum Gasteiger partial charge on any atom is -0.494 e. The molecule has 0 N–H and O–H groups in total. The number of sulfonamides is 1. The molecule has 3 aromatic carbocycles. The molecule has 3 aromatic rings. The van der Waals surface area contributed by atoms with Crippen LogP contribution in [0.2, 0.25) is 0 Å². The van der Waals surface area contributed by atoms with Gasteiger partial charge in [-0.2, -0.15) is 0 Å². The Hall–Kier alpha value is -3.72. The fourth-order valence-electron chi connectivity index (χ4n) is 4.30. The van der Waals surface area contributed by atoms with Gasteiger partial charge in [-0.15, -0.1) is 0 Å². The van der Waals surface area contributed by atoms with E-state index in [4.69, 9.17) is 14.2 Å². The molecule has 1 amide bonds. The Bertz CT molecular complexity index is 1320. The SMILES string of the molecule is CCOc1ccc(N(CC(=O)N2CCCc3ccccc32)S(=O)(=O)c2ccc(OC)c(OC)c2)cc1. The highest BCUT2D eigenvalue weighted by molar-refractivity contribution is 7.92. The normalized spacial score (nSPS) is 13.0. The van der Waals surface area contributed by atoms with Crippen LogP contribution in [0.4, 0.5) is 11.4 Å². The second kappa shape index (κ2) is 10.9. The monoisotopic (exact) mass is 510 g/mol. The molecule has 9 heteroatoms. The standard InChI is InChI=1S/C27H30N2O6S/c1-4-35-22-13-11-21(12-14-22)29(36(31,32)23-15-16-25(33-2)26(18-23)34-3)19-27(30)28-17-7-9-20-8-5-6-10-24(20)28/h5-6,8,10-16,18H,4,7,9,17,19H2,1-3H3. The third-order valence-corrected chi connectivity index (χ3v) is 7.84. The van der Waals surface area contributed by atoms with Crippen molar-refractivity contribution in [1.29, 1.82) is 0 Å². The Morgan fingerprint density at radius 1 is 0.972 bits per heavy atom. The zero-order valence-corrected chi connectivity index (χ0v) is 21.5. The quantitative estimate of drug-likeness (QED) is 0.427. The number of benzene rings is 3. The first-order valence-electron chi connectivity index (χ1n) is 11.7. The molecule has 0 saturated heterocycles. The van der Waals surface area contributed by atoms with Gasteiger partial charge < -0.3 is 19.1 Å². The zero-order chi connectivity index (χ0) is 25.7. The molecule has 0 aliphatic carbocycles. The van der Waals surface area contributed by atoms with Crippen LogP contribution >= 0.6 is 0 Å². The number of hydrogen-bond donors (Lipinski definition) is 0. The lowest BCUT2D eigenvalue weighted by atomic mass is 10.0. The summed E-state index contributed by atoms with van der Waals surface area (Å²) in [4.78, 5) is 15.2. The lowest BCUT2D eigenvalue weighted by Gasteiger charge is -2.32. The van der Waals surface area contributed by atoms with Crippen LogP contribution < -0.4 is 23.4 Å². The van der Waals surface area contributed by atoms with Crippen LogP contribution in [0, 0.1) is 0 Å². The van der Waals surface area contributed by atoms with Gasteiger partial charge in [0.15, 0.2) is 11.5 Å². The molecule has 0 radical (unpaired) electrons. The Balaban J connectivity index is 1.73. The highest BCUT2D eigenvalue weighted by atomic mass is 32.2. The number of fused-ring (bicyclic) bond motifs is 1. The predicted molar refractivity (Wildman–Crippen MR) is 139 cm³/mol. The first-order chi connectivity index (χ1) is 17.4. The Morgan fingerprint density at radius 2 is 1.69 bits per heavy atom. The van der Waals surface area contributed by atoms with Gasteiger partial charge in [-0.05, 0) is 67.8 Å². The molecule has 0 spiro atoms. The second-order valence-electron chi connectivity index (χ2n) is 8.23. The number of carbonyl (C=O) groups excluding carboxylic acids is 1. The van der Waals surface area contributed by atoms with E-state index in [2.05, 4.69) is 0 Å². The van der Waals surface area contributed by atoms with Crippen LogP contribution in [0.15, 0.2) is 71.6 Å². The summed E-state index contributed by atoms with van der Waals surface area (Å²) in [6.07, 6.45) is 1.70. The summed E-state index contributed by atoms with van der Waals surface area (Å²) < 4.78 is 45.0. The molecule has 4 rings (SSSR count). The van der Waals surface area contributed by atoms with E-state index in [1.165, 1.54) is 32.4 Å². The summed E-state index contributed by atoms with van der Waals surface area (Å²) in [5.41, 5.74) is 2.25. The van der Waals surface area contributed by atoms with Crippen molar-refractivity contribution in [3.8, 4) is 17.2 Å². The molecule has 1 aliphatic heterocycles. The Labute approximate surface area is 212 Å². The van der Waals surface area contributed by atoms with Gasteiger partial charge in [-0.1, -0.05) is 18.2 Å². The van der Waals surface area contributed by atoms with Crippen molar-refractivity contribution in [3.63, 3.8) is 0 Å². The second-order valence-corrected chi connectivity index (χ2v) is 10.1. The molecule has 0 aromatic heterocycles. The first kappa shape index (κ1) is 25.4.